The molecule has 1 fully saturated rings. The molecular weight excluding hydrogens is 456 g/mol. The summed E-state index contributed by atoms with van der Waals surface area (Å²) >= 11 is 3.64. The van der Waals surface area contributed by atoms with Gasteiger partial charge in [-0.15, -0.1) is 5.10 Å². The van der Waals surface area contributed by atoms with E-state index in [1.165, 1.54) is 12.8 Å². The average molecular weight is 493 g/mol. The van der Waals surface area contributed by atoms with Crippen LogP contribution in [0.3, 0.4) is 0 Å². The smallest absolute Gasteiger partial charge is 0.173 e. The summed E-state index contributed by atoms with van der Waals surface area (Å²) in [5.41, 5.74) is 7.47. The molecule has 0 saturated heterocycles. The van der Waals surface area contributed by atoms with Crippen molar-refractivity contribution in [3.05, 3.63) is 34.1 Å². The Bertz CT molecular complexity index is 875. The second-order valence-corrected chi connectivity index (χ2v) is 11.4. The van der Waals surface area contributed by atoms with E-state index in [2.05, 4.69) is 83.5 Å². The molecule has 0 radical (unpaired) electrons. The van der Waals surface area contributed by atoms with E-state index in [0.29, 0.717) is 0 Å². The van der Waals surface area contributed by atoms with Gasteiger partial charge < -0.3 is 10.5 Å². The summed E-state index contributed by atoms with van der Waals surface area (Å²) < 4.78 is 8.33. The predicted octanol–water partition coefficient (Wildman–Crippen LogP) is 4.56. The van der Waals surface area contributed by atoms with E-state index in [-0.39, 0.29) is 29.1 Å². The third-order valence-corrected chi connectivity index (χ3v) is 6.62. The van der Waals surface area contributed by atoms with Crippen LogP contribution >= 0.6 is 15.9 Å². The van der Waals surface area contributed by atoms with Gasteiger partial charge in [0.2, 0.25) is 0 Å². The molecule has 3 N–H and O–H groups in total. The summed E-state index contributed by atoms with van der Waals surface area (Å²) in [4.78, 5) is 0. The van der Waals surface area contributed by atoms with Crippen LogP contribution < -0.4 is 15.8 Å². The molecule has 0 amide bonds. The highest BCUT2D eigenvalue weighted by atomic mass is 79.9. The minimum Gasteiger partial charge on any atom is -0.496 e. The molecule has 1 aromatic heterocycles. The molecule has 2 aromatic rings. The van der Waals surface area contributed by atoms with E-state index in [1.807, 2.05) is 10.7 Å². The molecule has 0 spiro atoms. The van der Waals surface area contributed by atoms with Crippen molar-refractivity contribution < 1.29 is 4.74 Å². The maximum absolute atomic E-state index is 6.49. The third-order valence-electron chi connectivity index (χ3n) is 6.00. The van der Waals surface area contributed by atoms with Crippen LogP contribution in [0.2, 0.25) is 0 Å². The zero-order chi connectivity index (χ0) is 22.8. The Hall–Kier alpha value is -1.51. The van der Waals surface area contributed by atoms with Crippen molar-refractivity contribution in [3.8, 4) is 5.75 Å². The maximum Gasteiger partial charge on any atom is 0.173 e. The number of hydrogen-bond acceptors (Lipinski definition) is 6. The van der Waals surface area contributed by atoms with Gasteiger partial charge in [0.1, 0.15) is 5.75 Å². The molecule has 3 unspecified atom stereocenters. The van der Waals surface area contributed by atoms with Gasteiger partial charge in [0.25, 0.3) is 0 Å². The molecule has 1 aliphatic rings. The van der Waals surface area contributed by atoms with Crippen molar-refractivity contribution >= 4 is 15.9 Å². The van der Waals surface area contributed by atoms with Crippen LogP contribution in [0, 0.1) is 5.41 Å². The summed E-state index contributed by atoms with van der Waals surface area (Å²) in [6.45, 7) is 11.1. The topological polar surface area (TPSA) is 90.9 Å². The monoisotopic (exact) mass is 492 g/mol. The summed E-state index contributed by atoms with van der Waals surface area (Å²) in [5.74, 6) is 1.61. The van der Waals surface area contributed by atoms with Gasteiger partial charge in [-0.25, -0.2) is 4.68 Å². The van der Waals surface area contributed by atoms with Crippen LogP contribution in [0.15, 0.2) is 22.7 Å². The van der Waals surface area contributed by atoms with Gasteiger partial charge in [-0.3, -0.25) is 5.32 Å². The van der Waals surface area contributed by atoms with Crippen molar-refractivity contribution in [2.45, 2.75) is 90.4 Å². The standard InChI is InChI=1S/C23H37BrN6O/c1-22(2,3)14-23(4,5)30-21(27-28-29-30)20(26-18-10-8-7-9-17(18)25)15-11-12-19(31-6)16(24)13-15/h11-13,17-18,20,26H,7-10,14,25H2,1-6H3. The zero-order valence-electron chi connectivity index (χ0n) is 19.7. The van der Waals surface area contributed by atoms with E-state index < -0.39 is 0 Å². The first-order valence-electron chi connectivity index (χ1n) is 11.2. The highest BCUT2D eigenvalue weighted by molar-refractivity contribution is 9.10. The molecule has 8 heteroatoms. The van der Waals surface area contributed by atoms with Gasteiger partial charge in [-0.1, -0.05) is 39.7 Å². The Kier molecular flexibility index (Phi) is 7.43. The normalized spacial score (nSPS) is 21.2. The van der Waals surface area contributed by atoms with Crippen molar-refractivity contribution in [2.75, 3.05) is 7.11 Å². The van der Waals surface area contributed by atoms with Gasteiger partial charge in [-0.05, 0) is 82.6 Å². The summed E-state index contributed by atoms with van der Waals surface area (Å²) in [6, 6.07) is 6.31. The number of nitrogens with one attached hydrogen (secondary N) is 1. The van der Waals surface area contributed by atoms with Crippen LogP contribution in [0.4, 0.5) is 0 Å². The first kappa shape index (κ1) is 24.1. The number of nitrogens with two attached hydrogens (primary N) is 1. The number of aromatic nitrogens is 4. The van der Waals surface area contributed by atoms with Crippen molar-refractivity contribution in [1.82, 2.24) is 25.5 Å². The summed E-state index contributed by atoms with van der Waals surface area (Å²) in [6.07, 6.45) is 5.42. The number of rotatable bonds is 7. The van der Waals surface area contributed by atoms with Crippen molar-refractivity contribution in [2.24, 2.45) is 11.1 Å². The molecule has 1 saturated carbocycles. The van der Waals surface area contributed by atoms with Crippen LogP contribution in [-0.2, 0) is 5.54 Å². The molecule has 31 heavy (non-hydrogen) atoms. The molecule has 0 aliphatic heterocycles. The molecule has 1 aliphatic carbocycles. The lowest BCUT2D eigenvalue weighted by Crippen LogP contribution is -2.49. The van der Waals surface area contributed by atoms with Gasteiger partial charge >= 0.3 is 0 Å². The van der Waals surface area contributed by atoms with E-state index in [9.17, 15) is 0 Å². The SMILES string of the molecule is COc1ccc(C(NC2CCCCC2N)c2nnnn2C(C)(C)CC(C)(C)C)cc1Br. The first-order valence-corrected chi connectivity index (χ1v) is 11.9. The highest BCUT2D eigenvalue weighted by Gasteiger charge is 2.35. The van der Waals surface area contributed by atoms with Crippen LogP contribution in [-0.4, -0.2) is 39.4 Å². The van der Waals surface area contributed by atoms with E-state index in [1.54, 1.807) is 7.11 Å². The quantitative estimate of drug-likeness (QED) is 0.588. The number of benzene rings is 1. The Morgan fingerprint density at radius 1 is 1.23 bits per heavy atom. The fourth-order valence-corrected chi connectivity index (χ4v) is 5.50. The Labute approximate surface area is 194 Å². The van der Waals surface area contributed by atoms with Crippen molar-refractivity contribution in [3.63, 3.8) is 0 Å². The molecular formula is C23H37BrN6O. The molecule has 1 heterocycles. The minimum absolute atomic E-state index is 0.129. The predicted molar refractivity (Wildman–Crippen MR) is 127 cm³/mol. The van der Waals surface area contributed by atoms with Gasteiger partial charge in [0.05, 0.1) is 23.2 Å². The lowest BCUT2D eigenvalue weighted by Gasteiger charge is -2.36. The fourth-order valence-electron chi connectivity index (χ4n) is 4.94. The largest absolute Gasteiger partial charge is 0.496 e. The molecule has 172 valence electrons. The second-order valence-electron chi connectivity index (χ2n) is 10.5. The lowest BCUT2D eigenvalue weighted by atomic mass is 9.81. The Morgan fingerprint density at radius 2 is 1.94 bits per heavy atom. The second kappa shape index (κ2) is 9.55. The highest BCUT2D eigenvalue weighted by Crippen LogP contribution is 2.36. The maximum atomic E-state index is 6.49. The number of ether oxygens (including phenoxy) is 1. The summed E-state index contributed by atoms with van der Waals surface area (Å²) in [7, 11) is 1.67. The van der Waals surface area contributed by atoms with Crippen molar-refractivity contribution in [1.29, 1.82) is 0 Å². The number of hydrogen-bond donors (Lipinski definition) is 2. The molecule has 3 rings (SSSR count). The Morgan fingerprint density at radius 3 is 2.55 bits per heavy atom. The molecule has 0 bridgehead atoms. The first-order chi connectivity index (χ1) is 14.5. The minimum atomic E-state index is -0.241. The van der Waals surface area contributed by atoms with Gasteiger partial charge in [0, 0.05) is 12.1 Å². The third kappa shape index (κ3) is 5.84. The Balaban J connectivity index is 2.03. The molecule has 7 nitrogen and oxygen atoms in total. The lowest BCUT2D eigenvalue weighted by molar-refractivity contribution is 0.186. The number of nitrogens with zero attached hydrogens (tertiary/aromatic N) is 4. The van der Waals surface area contributed by atoms with E-state index in [4.69, 9.17) is 10.5 Å². The number of tetrazole rings is 1. The van der Waals surface area contributed by atoms with Crippen LogP contribution in [0.1, 0.15) is 84.2 Å². The fraction of sp³-hybridized carbons (Fsp3) is 0.696. The van der Waals surface area contributed by atoms with Gasteiger partial charge in [-0.2, -0.15) is 0 Å². The van der Waals surface area contributed by atoms with Gasteiger partial charge in [0.15, 0.2) is 5.82 Å². The zero-order valence-corrected chi connectivity index (χ0v) is 21.2. The number of methoxy groups -OCH3 is 1. The summed E-state index contributed by atoms with van der Waals surface area (Å²) in [5, 5.41) is 16.8. The van der Waals surface area contributed by atoms with E-state index >= 15 is 0 Å². The van der Waals surface area contributed by atoms with Crippen LogP contribution in [0.5, 0.6) is 5.75 Å². The molecule has 1 aromatic carbocycles. The van der Waals surface area contributed by atoms with E-state index in [0.717, 1.165) is 40.9 Å². The number of halogens is 1. The van der Waals surface area contributed by atoms with Crippen LogP contribution in [0.25, 0.3) is 0 Å². The average Bonchev–Trinajstić information content (AvgIpc) is 3.16. The molecule has 3 atom stereocenters.